The fraction of sp³-hybridized carbons (Fsp3) is 0.167. The molecule has 0 saturated carbocycles. The van der Waals surface area contributed by atoms with E-state index < -0.39 is 23.6 Å². The van der Waals surface area contributed by atoms with Gasteiger partial charge in [0.15, 0.2) is 0 Å². The lowest BCUT2D eigenvalue weighted by molar-refractivity contribution is -0.137. The van der Waals surface area contributed by atoms with E-state index >= 15 is 0 Å². The molecule has 1 aromatic carbocycles. The van der Waals surface area contributed by atoms with Crippen LogP contribution in [-0.4, -0.2) is 11.8 Å². The normalized spacial score (nSPS) is 15.7. The zero-order chi connectivity index (χ0) is 13.5. The van der Waals surface area contributed by atoms with Gasteiger partial charge in [0.2, 0.25) is 0 Å². The molecule has 0 aliphatic carbocycles. The Kier molecular flexibility index (Phi) is 2.73. The van der Waals surface area contributed by atoms with Gasteiger partial charge >= 0.3 is 6.18 Å². The van der Waals surface area contributed by atoms with Crippen molar-refractivity contribution in [2.24, 2.45) is 0 Å². The maximum Gasteiger partial charge on any atom is 0.416 e. The first-order chi connectivity index (χ1) is 8.29. The molecule has 0 aromatic heterocycles. The summed E-state index contributed by atoms with van der Waals surface area (Å²) >= 11 is 0. The highest BCUT2D eigenvalue weighted by atomic mass is 19.4. The van der Waals surface area contributed by atoms with Gasteiger partial charge in [0.25, 0.3) is 11.8 Å². The van der Waals surface area contributed by atoms with Crippen LogP contribution in [0.4, 0.5) is 13.2 Å². The van der Waals surface area contributed by atoms with E-state index in [2.05, 4.69) is 0 Å². The second-order valence-corrected chi connectivity index (χ2v) is 3.90. The number of aryl methyl sites for hydroxylation is 1. The molecule has 0 unspecified atom stereocenters. The third kappa shape index (κ3) is 2.13. The summed E-state index contributed by atoms with van der Waals surface area (Å²) in [6.45, 7) is 1.58. The van der Waals surface area contributed by atoms with Gasteiger partial charge in [0, 0.05) is 6.08 Å². The van der Waals surface area contributed by atoms with Crippen molar-refractivity contribution in [2.75, 3.05) is 0 Å². The Morgan fingerprint density at radius 3 is 2.33 bits per heavy atom. The maximum atomic E-state index is 12.6. The van der Waals surface area contributed by atoms with Crippen LogP contribution >= 0.6 is 0 Å². The Labute approximate surface area is 100 Å². The molecule has 1 aliphatic rings. The zero-order valence-electron chi connectivity index (χ0n) is 9.26. The van der Waals surface area contributed by atoms with Crippen molar-refractivity contribution in [1.82, 2.24) is 5.32 Å². The number of rotatable bonds is 1. The van der Waals surface area contributed by atoms with Crippen LogP contribution in [0.25, 0.3) is 5.57 Å². The molecule has 0 atom stereocenters. The van der Waals surface area contributed by atoms with Crippen LogP contribution in [0.3, 0.4) is 0 Å². The van der Waals surface area contributed by atoms with Crippen molar-refractivity contribution in [3.8, 4) is 0 Å². The van der Waals surface area contributed by atoms with E-state index in [9.17, 15) is 22.8 Å². The molecule has 0 saturated heterocycles. The van der Waals surface area contributed by atoms with Crippen molar-refractivity contribution in [2.45, 2.75) is 13.1 Å². The summed E-state index contributed by atoms with van der Waals surface area (Å²) < 4.78 is 37.7. The average molecular weight is 255 g/mol. The summed E-state index contributed by atoms with van der Waals surface area (Å²) in [5.74, 6) is -1.30. The average Bonchev–Trinajstić information content (AvgIpc) is 2.56. The van der Waals surface area contributed by atoms with Crippen LogP contribution in [0.5, 0.6) is 0 Å². The summed E-state index contributed by atoms with van der Waals surface area (Å²) in [7, 11) is 0. The quantitative estimate of drug-likeness (QED) is 0.781. The SMILES string of the molecule is Cc1ccc(C(F)(F)F)cc1C1=CC(=O)NC1=O. The maximum absolute atomic E-state index is 12.6. The van der Waals surface area contributed by atoms with Crippen LogP contribution < -0.4 is 5.32 Å². The number of alkyl halides is 3. The first kappa shape index (κ1) is 12.3. The molecular formula is C12H8F3NO2. The van der Waals surface area contributed by atoms with Gasteiger partial charge in [-0.05, 0) is 30.2 Å². The largest absolute Gasteiger partial charge is 0.416 e. The molecule has 6 heteroatoms. The van der Waals surface area contributed by atoms with Crippen molar-refractivity contribution in [3.63, 3.8) is 0 Å². The Hall–Kier alpha value is -2.11. The lowest BCUT2D eigenvalue weighted by atomic mass is 9.98. The van der Waals surface area contributed by atoms with Gasteiger partial charge in [0.05, 0.1) is 11.1 Å². The minimum absolute atomic E-state index is 0.0383. The highest BCUT2D eigenvalue weighted by Crippen LogP contribution is 2.32. The first-order valence-electron chi connectivity index (χ1n) is 5.04. The number of carbonyl (C=O) groups excluding carboxylic acids is 2. The van der Waals surface area contributed by atoms with Crippen LogP contribution in [0.1, 0.15) is 16.7 Å². The number of halogens is 3. The topological polar surface area (TPSA) is 46.2 Å². The number of imide groups is 1. The van der Waals surface area contributed by atoms with Crippen molar-refractivity contribution in [1.29, 1.82) is 0 Å². The minimum Gasteiger partial charge on any atom is -0.289 e. The number of carbonyl (C=O) groups is 2. The molecular weight excluding hydrogens is 247 g/mol. The lowest BCUT2D eigenvalue weighted by Crippen LogP contribution is -2.22. The summed E-state index contributed by atoms with van der Waals surface area (Å²) in [6, 6.07) is 3.09. The van der Waals surface area contributed by atoms with E-state index in [-0.39, 0.29) is 11.1 Å². The molecule has 0 spiro atoms. The van der Waals surface area contributed by atoms with E-state index in [0.29, 0.717) is 5.56 Å². The first-order valence-corrected chi connectivity index (χ1v) is 5.04. The van der Waals surface area contributed by atoms with E-state index in [1.165, 1.54) is 6.07 Å². The molecule has 2 rings (SSSR count). The van der Waals surface area contributed by atoms with E-state index in [1.54, 1.807) is 6.92 Å². The Morgan fingerprint density at radius 2 is 1.83 bits per heavy atom. The minimum atomic E-state index is -4.48. The van der Waals surface area contributed by atoms with Crippen LogP contribution in [0.15, 0.2) is 24.3 Å². The van der Waals surface area contributed by atoms with Crippen molar-refractivity contribution < 1.29 is 22.8 Å². The third-order valence-corrected chi connectivity index (χ3v) is 2.61. The van der Waals surface area contributed by atoms with Gasteiger partial charge in [-0.3, -0.25) is 14.9 Å². The molecule has 94 valence electrons. The van der Waals surface area contributed by atoms with Crippen LogP contribution in [-0.2, 0) is 15.8 Å². The smallest absolute Gasteiger partial charge is 0.289 e. The zero-order valence-corrected chi connectivity index (χ0v) is 9.26. The molecule has 2 amide bonds. The second kappa shape index (κ2) is 3.97. The molecule has 0 radical (unpaired) electrons. The molecule has 18 heavy (non-hydrogen) atoms. The second-order valence-electron chi connectivity index (χ2n) is 3.90. The highest BCUT2D eigenvalue weighted by molar-refractivity contribution is 6.33. The predicted octanol–water partition coefficient (Wildman–Crippen LogP) is 2.05. The Bertz CT molecular complexity index is 573. The molecule has 0 fully saturated rings. The standard InChI is InChI=1S/C12H8F3NO2/c1-6-2-3-7(12(13,14)15)4-8(6)9-5-10(17)16-11(9)18/h2-5H,1H3,(H,16,17,18). The summed E-state index contributed by atoms with van der Waals surface area (Å²) in [5.41, 5.74) is -0.271. The fourth-order valence-corrected chi connectivity index (χ4v) is 1.70. The number of amides is 2. The summed E-state index contributed by atoms with van der Waals surface area (Å²) in [6.07, 6.45) is -3.48. The van der Waals surface area contributed by atoms with Crippen LogP contribution in [0.2, 0.25) is 0 Å². The van der Waals surface area contributed by atoms with Gasteiger partial charge in [-0.2, -0.15) is 13.2 Å². The van der Waals surface area contributed by atoms with Gasteiger partial charge in [-0.25, -0.2) is 0 Å². The monoisotopic (exact) mass is 255 g/mol. The van der Waals surface area contributed by atoms with E-state index in [4.69, 9.17) is 0 Å². The number of hydrogen-bond acceptors (Lipinski definition) is 2. The fourth-order valence-electron chi connectivity index (χ4n) is 1.70. The number of benzene rings is 1. The van der Waals surface area contributed by atoms with Crippen molar-refractivity contribution >= 4 is 17.4 Å². The number of nitrogens with one attached hydrogen (secondary N) is 1. The summed E-state index contributed by atoms with van der Waals surface area (Å²) in [4.78, 5) is 22.4. The Morgan fingerprint density at radius 1 is 1.17 bits per heavy atom. The van der Waals surface area contributed by atoms with E-state index in [1.807, 2.05) is 5.32 Å². The van der Waals surface area contributed by atoms with Crippen molar-refractivity contribution in [3.05, 3.63) is 41.0 Å². The molecule has 3 nitrogen and oxygen atoms in total. The van der Waals surface area contributed by atoms with Gasteiger partial charge in [-0.1, -0.05) is 6.07 Å². The molecule has 1 N–H and O–H groups in total. The molecule has 1 aromatic rings. The lowest BCUT2D eigenvalue weighted by Gasteiger charge is -2.11. The molecule has 1 heterocycles. The highest BCUT2D eigenvalue weighted by Gasteiger charge is 2.32. The molecule has 1 aliphatic heterocycles. The van der Waals surface area contributed by atoms with Gasteiger partial charge in [-0.15, -0.1) is 0 Å². The predicted molar refractivity (Wildman–Crippen MR) is 57.3 cm³/mol. The van der Waals surface area contributed by atoms with E-state index in [0.717, 1.165) is 18.2 Å². The molecule has 0 bridgehead atoms. The Balaban J connectivity index is 2.55. The van der Waals surface area contributed by atoms with Gasteiger partial charge in [0.1, 0.15) is 0 Å². The third-order valence-electron chi connectivity index (χ3n) is 2.61. The number of hydrogen-bond donors (Lipinski definition) is 1. The van der Waals surface area contributed by atoms with Gasteiger partial charge < -0.3 is 0 Å². The summed E-state index contributed by atoms with van der Waals surface area (Å²) in [5, 5.41) is 2.00. The van der Waals surface area contributed by atoms with Crippen LogP contribution in [0, 0.1) is 6.92 Å².